The van der Waals surface area contributed by atoms with Gasteiger partial charge in [0.2, 0.25) is 10.0 Å². The van der Waals surface area contributed by atoms with E-state index >= 15 is 0 Å². The zero-order chi connectivity index (χ0) is 14.8. The number of sulfonamides is 1. The predicted molar refractivity (Wildman–Crippen MR) is 72.2 cm³/mol. The Morgan fingerprint density at radius 1 is 1.45 bits per heavy atom. The van der Waals surface area contributed by atoms with Crippen LogP contribution in [0.1, 0.15) is 6.92 Å². The molecule has 0 aliphatic carbocycles. The van der Waals surface area contributed by atoms with Crippen molar-refractivity contribution < 1.29 is 22.7 Å². The molecule has 0 spiro atoms. The Morgan fingerprint density at radius 2 is 2.20 bits per heavy atom. The van der Waals surface area contributed by atoms with Crippen molar-refractivity contribution in [1.82, 2.24) is 4.72 Å². The number of ether oxygens (including phenoxy) is 2. The molecule has 1 aromatic carbocycles. The molecular formula is C12H16N2O5S. The van der Waals surface area contributed by atoms with Crippen LogP contribution >= 0.6 is 0 Å². The van der Waals surface area contributed by atoms with Crippen LogP contribution in [0.25, 0.3) is 0 Å². The number of carbonyl (C=O) groups is 1. The molecular weight excluding hydrogens is 284 g/mol. The number of benzene rings is 1. The van der Waals surface area contributed by atoms with E-state index in [4.69, 9.17) is 9.47 Å². The topological polar surface area (TPSA) is 93.7 Å². The van der Waals surface area contributed by atoms with Crippen LogP contribution in [-0.4, -0.2) is 40.7 Å². The minimum atomic E-state index is -3.62. The molecule has 1 aromatic rings. The van der Waals surface area contributed by atoms with Crippen LogP contribution in [0.5, 0.6) is 5.75 Å². The molecule has 0 aromatic heterocycles. The molecule has 1 aliphatic rings. The van der Waals surface area contributed by atoms with E-state index < -0.39 is 16.1 Å². The summed E-state index contributed by atoms with van der Waals surface area (Å²) in [5, 5.41) is 2.64. The van der Waals surface area contributed by atoms with E-state index in [1.165, 1.54) is 25.3 Å². The van der Waals surface area contributed by atoms with Crippen molar-refractivity contribution >= 4 is 21.6 Å². The first-order valence-corrected chi connectivity index (χ1v) is 7.52. The van der Waals surface area contributed by atoms with E-state index in [1.807, 2.05) is 0 Å². The number of anilines is 1. The molecule has 0 radical (unpaired) electrons. The van der Waals surface area contributed by atoms with Gasteiger partial charge in [-0.3, -0.25) is 4.79 Å². The molecule has 7 nitrogen and oxygen atoms in total. The zero-order valence-corrected chi connectivity index (χ0v) is 12.0. The van der Waals surface area contributed by atoms with Crippen molar-refractivity contribution in [2.75, 3.05) is 25.6 Å². The van der Waals surface area contributed by atoms with E-state index in [0.717, 1.165) is 0 Å². The molecule has 1 aliphatic heterocycles. The second kappa shape index (κ2) is 5.78. The van der Waals surface area contributed by atoms with E-state index in [1.54, 1.807) is 6.92 Å². The van der Waals surface area contributed by atoms with Crippen LogP contribution in [0.3, 0.4) is 0 Å². The van der Waals surface area contributed by atoms with Crippen LogP contribution in [-0.2, 0) is 19.6 Å². The van der Waals surface area contributed by atoms with Crippen LogP contribution in [0.15, 0.2) is 23.1 Å². The summed E-state index contributed by atoms with van der Waals surface area (Å²) in [7, 11) is -2.13. The highest BCUT2D eigenvalue weighted by Gasteiger charge is 2.25. The van der Waals surface area contributed by atoms with Gasteiger partial charge in [0, 0.05) is 19.7 Å². The summed E-state index contributed by atoms with van der Waals surface area (Å²) in [6.45, 7) is 2.06. The molecule has 2 rings (SSSR count). The van der Waals surface area contributed by atoms with Crippen molar-refractivity contribution in [3.63, 3.8) is 0 Å². The fourth-order valence-corrected chi connectivity index (χ4v) is 2.74. The van der Waals surface area contributed by atoms with Gasteiger partial charge in [-0.25, -0.2) is 13.1 Å². The minimum Gasteiger partial charge on any atom is -0.479 e. The third kappa shape index (κ3) is 3.09. The molecule has 2 N–H and O–H groups in total. The van der Waals surface area contributed by atoms with Gasteiger partial charge in [0.25, 0.3) is 5.91 Å². The van der Waals surface area contributed by atoms with Crippen LogP contribution < -0.4 is 14.8 Å². The first-order chi connectivity index (χ1) is 9.44. The molecule has 1 heterocycles. The van der Waals surface area contributed by atoms with Crippen molar-refractivity contribution in [1.29, 1.82) is 0 Å². The van der Waals surface area contributed by atoms with Gasteiger partial charge in [-0.15, -0.1) is 0 Å². The van der Waals surface area contributed by atoms with Gasteiger partial charge < -0.3 is 14.8 Å². The Morgan fingerprint density at radius 3 is 2.90 bits per heavy atom. The fourth-order valence-electron chi connectivity index (χ4n) is 1.71. The monoisotopic (exact) mass is 300 g/mol. The summed E-state index contributed by atoms with van der Waals surface area (Å²) in [5.74, 6) is 0.0815. The molecule has 20 heavy (non-hydrogen) atoms. The first-order valence-electron chi connectivity index (χ1n) is 6.04. The predicted octanol–water partition coefficient (Wildman–Crippen LogP) is 0.331. The average Bonchev–Trinajstić information content (AvgIpc) is 2.39. The second-order valence-electron chi connectivity index (χ2n) is 4.30. The molecule has 8 heteroatoms. The Bertz CT molecular complexity index is 614. The lowest BCUT2D eigenvalue weighted by atomic mass is 10.2. The molecule has 0 saturated carbocycles. The number of hydrogen-bond acceptors (Lipinski definition) is 5. The second-order valence-corrected chi connectivity index (χ2v) is 6.06. The number of amides is 1. The highest BCUT2D eigenvalue weighted by atomic mass is 32.2. The van der Waals surface area contributed by atoms with Crippen molar-refractivity contribution in [2.45, 2.75) is 17.9 Å². The third-order valence-corrected chi connectivity index (χ3v) is 4.25. The average molecular weight is 300 g/mol. The number of nitrogens with one attached hydrogen (secondary N) is 2. The Balaban J connectivity index is 2.23. The molecule has 0 bridgehead atoms. The summed E-state index contributed by atoms with van der Waals surface area (Å²) in [6, 6.07) is 4.30. The smallest absolute Gasteiger partial charge is 0.265 e. The number of methoxy groups -OCH3 is 1. The quantitative estimate of drug-likeness (QED) is 0.764. The van der Waals surface area contributed by atoms with Gasteiger partial charge in [0.05, 0.1) is 17.2 Å². The zero-order valence-electron chi connectivity index (χ0n) is 11.2. The summed E-state index contributed by atoms with van der Waals surface area (Å²) < 4.78 is 36.6. The lowest BCUT2D eigenvalue weighted by molar-refractivity contribution is -0.122. The van der Waals surface area contributed by atoms with Gasteiger partial charge in [-0.2, -0.15) is 0 Å². The van der Waals surface area contributed by atoms with Gasteiger partial charge in [-0.1, -0.05) is 0 Å². The maximum absolute atomic E-state index is 12.0. The largest absolute Gasteiger partial charge is 0.479 e. The highest BCUT2D eigenvalue weighted by molar-refractivity contribution is 7.89. The first kappa shape index (κ1) is 14.8. The maximum atomic E-state index is 12.0. The van der Waals surface area contributed by atoms with Crippen molar-refractivity contribution in [3.05, 3.63) is 18.2 Å². The summed E-state index contributed by atoms with van der Waals surface area (Å²) in [4.78, 5) is 11.5. The number of fused-ring (bicyclic) bond motifs is 1. The molecule has 0 saturated heterocycles. The third-order valence-electron chi connectivity index (χ3n) is 2.79. The van der Waals surface area contributed by atoms with E-state index in [2.05, 4.69) is 10.0 Å². The lowest BCUT2D eigenvalue weighted by Gasteiger charge is -2.23. The summed E-state index contributed by atoms with van der Waals surface area (Å²) >= 11 is 0. The maximum Gasteiger partial charge on any atom is 0.265 e. The van der Waals surface area contributed by atoms with Gasteiger partial charge in [-0.05, 0) is 19.1 Å². The van der Waals surface area contributed by atoms with E-state index in [-0.39, 0.29) is 24.0 Å². The van der Waals surface area contributed by atoms with E-state index in [0.29, 0.717) is 11.4 Å². The van der Waals surface area contributed by atoms with Gasteiger partial charge >= 0.3 is 0 Å². The normalized spacial score (nSPS) is 18.1. The van der Waals surface area contributed by atoms with Crippen molar-refractivity contribution in [2.24, 2.45) is 0 Å². The van der Waals surface area contributed by atoms with E-state index in [9.17, 15) is 13.2 Å². The Hall–Kier alpha value is -1.64. The van der Waals surface area contributed by atoms with Crippen molar-refractivity contribution in [3.8, 4) is 5.75 Å². The molecule has 1 amide bonds. The van der Waals surface area contributed by atoms with Gasteiger partial charge in [0.15, 0.2) is 6.10 Å². The Labute approximate surface area is 117 Å². The molecule has 1 atom stereocenters. The fraction of sp³-hybridized carbons (Fsp3) is 0.417. The molecule has 0 unspecified atom stereocenters. The molecule has 110 valence electrons. The lowest BCUT2D eigenvalue weighted by Crippen LogP contribution is -2.34. The summed E-state index contributed by atoms with van der Waals surface area (Å²) in [6.07, 6.45) is -0.651. The SMILES string of the molecule is COCCNS(=O)(=O)c1ccc2c(c1)O[C@@H](C)C(=O)N2. The highest BCUT2D eigenvalue weighted by Crippen LogP contribution is 2.31. The minimum absolute atomic E-state index is 0.0794. The summed E-state index contributed by atoms with van der Waals surface area (Å²) in [5.41, 5.74) is 0.462. The number of carbonyl (C=O) groups excluding carboxylic acids is 1. The number of hydrogen-bond donors (Lipinski definition) is 2. The van der Waals surface area contributed by atoms with Gasteiger partial charge in [0.1, 0.15) is 5.75 Å². The van der Waals surface area contributed by atoms with Crippen LogP contribution in [0.4, 0.5) is 5.69 Å². The van der Waals surface area contributed by atoms with Crippen LogP contribution in [0.2, 0.25) is 0 Å². The molecule has 0 fully saturated rings. The Kier molecular flexibility index (Phi) is 4.26. The standard InChI is InChI=1S/C12H16N2O5S/c1-8-12(15)14-10-4-3-9(7-11(10)19-8)20(16,17)13-5-6-18-2/h3-4,7-8,13H,5-6H2,1-2H3,(H,14,15)/t8-/m0/s1. The van der Waals surface area contributed by atoms with Crippen LogP contribution in [0, 0.1) is 0 Å². The number of rotatable bonds is 5.